The van der Waals surface area contributed by atoms with E-state index in [0.717, 1.165) is 12.0 Å². The number of aliphatic hydroxyl groups is 1. The van der Waals surface area contributed by atoms with E-state index in [2.05, 4.69) is 55.6 Å². The first-order chi connectivity index (χ1) is 16.3. The highest BCUT2D eigenvalue weighted by Crippen LogP contribution is 2.24. The number of fused-ring (bicyclic) bond motifs is 1. The molecule has 0 aromatic heterocycles. The SMILES string of the molecule is CC(C)(Cc1ccc2ccccc2c1)NC[C@@H](O)COc1cccc(CCCC(=O)O)c1C#N. The average molecular weight is 461 g/mol. The predicted molar refractivity (Wildman–Crippen MR) is 133 cm³/mol. The fraction of sp³-hybridized carbons (Fsp3) is 0.357. The molecule has 0 amide bonds. The molecule has 0 bridgehead atoms. The molecular weight excluding hydrogens is 428 g/mol. The van der Waals surface area contributed by atoms with Gasteiger partial charge in [0.2, 0.25) is 0 Å². The number of benzene rings is 3. The van der Waals surface area contributed by atoms with Crippen molar-refractivity contribution in [2.75, 3.05) is 13.2 Å². The van der Waals surface area contributed by atoms with Crippen LogP contribution in [0.1, 0.15) is 43.4 Å². The molecule has 3 N–H and O–H groups in total. The highest BCUT2D eigenvalue weighted by Gasteiger charge is 2.20. The number of carbonyl (C=O) groups is 1. The second-order valence-electron chi connectivity index (χ2n) is 9.24. The van der Waals surface area contributed by atoms with E-state index in [-0.39, 0.29) is 18.6 Å². The third kappa shape index (κ3) is 7.31. The van der Waals surface area contributed by atoms with E-state index >= 15 is 0 Å². The van der Waals surface area contributed by atoms with Gasteiger partial charge in [0.25, 0.3) is 0 Å². The van der Waals surface area contributed by atoms with Crippen LogP contribution in [0.4, 0.5) is 0 Å². The van der Waals surface area contributed by atoms with E-state index in [1.807, 2.05) is 12.1 Å². The van der Waals surface area contributed by atoms with Gasteiger partial charge in [0, 0.05) is 18.5 Å². The fourth-order valence-corrected chi connectivity index (χ4v) is 4.02. The van der Waals surface area contributed by atoms with Crippen molar-refractivity contribution in [2.45, 2.75) is 51.2 Å². The van der Waals surface area contributed by atoms with Gasteiger partial charge in [-0.3, -0.25) is 4.79 Å². The summed E-state index contributed by atoms with van der Waals surface area (Å²) in [7, 11) is 0. The van der Waals surface area contributed by atoms with Crippen LogP contribution in [0.3, 0.4) is 0 Å². The number of aliphatic carboxylic acids is 1. The number of carboxylic acid groups (broad SMARTS) is 1. The molecule has 34 heavy (non-hydrogen) atoms. The lowest BCUT2D eigenvalue weighted by molar-refractivity contribution is -0.137. The number of aryl methyl sites for hydroxylation is 1. The minimum Gasteiger partial charge on any atom is -0.489 e. The maximum Gasteiger partial charge on any atom is 0.303 e. The summed E-state index contributed by atoms with van der Waals surface area (Å²) in [5.41, 5.74) is 2.14. The molecule has 6 nitrogen and oxygen atoms in total. The molecule has 0 aliphatic carbocycles. The summed E-state index contributed by atoms with van der Waals surface area (Å²) in [6.45, 7) is 4.60. The summed E-state index contributed by atoms with van der Waals surface area (Å²) in [6, 6.07) is 22.2. The Kier molecular flexibility index (Phi) is 8.64. The number of hydrogen-bond acceptors (Lipinski definition) is 5. The molecule has 178 valence electrons. The Morgan fingerprint density at radius 1 is 1.12 bits per heavy atom. The van der Waals surface area contributed by atoms with Crippen molar-refractivity contribution >= 4 is 16.7 Å². The van der Waals surface area contributed by atoms with E-state index in [0.29, 0.717) is 30.7 Å². The Morgan fingerprint density at radius 2 is 1.88 bits per heavy atom. The van der Waals surface area contributed by atoms with Crippen molar-refractivity contribution < 1.29 is 19.7 Å². The van der Waals surface area contributed by atoms with Crippen molar-refractivity contribution in [1.82, 2.24) is 5.32 Å². The standard InChI is InChI=1S/C28H32N2O4/c1-28(2,16-20-13-14-21-7-3-4-8-23(21)15-20)30-18-24(31)19-34-26-11-5-9-22(25(26)17-29)10-6-12-27(32)33/h3-5,7-9,11,13-15,24,30-31H,6,10,12,16,18-19H2,1-2H3,(H,32,33)/t24-/m1/s1. The van der Waals surface area contributed by atoms with Gasteiger partial charge in [-0.1, -0.05) is 54.6 Å². The van der Waals surface area contributed by atoms with Gasteiger partial charge >= 0.3 is 5.97 Å². The summed E-state index contributed by atoms with van der Waals surface area (Å²) in [5.74, 6) is -0.449. The number of carboxylic acids is 1. The quantitative estimate of drug-likeness (QED) is 0.369. The van der Waals surface area contributed by atoms with Crippen LogP contribution in [-0.4, -0.2) is 41.0 Å². The van der Waals surface area contributed by atoms with Crippen LogP contribution in [0.2, 0.25) is 0 Å². The molecule has 0 saturated heterocycles. The number of hydrogen-bond donors (Lipinski definition) is 3. The number of aliphatic hydroxyl groups excluding tert-OH is 1. The van der Waals surface area contributed by atoms with Gasteiger partial charge in [0.15, 0.2) is 0 Å². The normalized spacial score (nSPS) is 12.3. The molecule has 0 radical (unpaired) electrons. The first-order valence-corrected chi connectivity index (χ1v) is 11.5. The second-order valence-corrected chi connectivity index (χ2v) is 9.24. The lowest BCUT2D eigenvalue weighted by Gasteiger charge is -2.28. The van der Waals surface area contributed by atoms with Gasteiger partial charge in [-0.15, -0.1) is 0 Å². The Morgan fingerprint density at radius 3 is 2.62 bits per heavy atom. The van der Waals surface area contributed by atoms with E-state index in [1.165, 1.54) is 16.3 Å². The number of β-amino-alcohol motifs (C(OH)–C–C–N with tert-alkyl or cyclic N) is 1. The van der Waals surface area contributed by atoms with E-state index in [4.69, 9.17) is 9.84 Å². The third-order valence-corrected chi connectivity index (χ3v) is 5.77. The maximum absolute atomic E-state index is 10.8. The van der Waals surface area contributed by atoms with Crippen LogP contribution in [0.5, 0.6) is 5.75 Å². The van der Waals surface area contributed by atoms with Crippen LogP contribution in [0, 0.1) is 11.3 Å². The number of ether oxygens (including phenoxy) is 1. The number of nitrogens with zero attached hydrogens (tertiary/aromatic N) is 1. The summed E-state index contributed by atoms with van der Waals surface area (Å²) in [4.78, 5) is 10.8. The number of rotatable bonds is 12. The molecule has 0 spiro atoms. The maximum atomic E-state index is 10.8. The molecule has 6 heteroatoms. The molecule has 3 aromatic carbocycles. The lowest BCUT2D eigenvalue weighted by Crippen LogP contribution is -2.46. The molecule has 3 rings (SSSR count). The van der Waals surface area contributed by atoms with Crippen molar-refractivity contribution in [3.8, 4) is 11.8 Å². The topological polar surface area (TPSA) is 103 Å². The van der Waals surface area contributed by atoms with Crippen LogP contribution in [-0.2, 0) is 17.6 Å². The van der Waals surface area contributed by atoms with Crippen molar-refractivity contribution in [2.24, 2.45) is 0 Å². The largest absolute Gasteiger partial charge is 0.489 e. The lowest BCUT2D eigenvalue weighted by atomic mass is 9.93. The van der Waals surface area contributed by atoms with Gasteiger partial charge in [0.1, 0.15) is 24.5 Å². The third-order valence-electron chi connectivity index (χ3n) is 5.77. The molecule has 0 saturated carbocycles. The van der Waals surface area contributed by atoms with Crippen LogP contribution >= 0.6 is 0 Å². The zero-order valence-corrected chi connectivity index (χ0v) is 19.8. The second kappa shape index (κ2) is 11.6. The Labute approximate surface area is 200 Å². The van der Waals surface area contributed by atoms with E-state index < -0.39 is 12.1 Å². The van der Waals surface area contributed by atoms with Gasteiger partial charge in [0.05, 0.1) is 5.56 Å². The highest BCUT2D eigenvalue weighted by molar-refractivity contribution is 5.83. The average Bonchev–Trinajstić information content (AvgIpc) is 2.81. The van der Waals surface area contributed by atoms with Gasteiger partial charge in [-0.2, -0.15) is 5.26 Å². The number of nitrogens with one attached hydrogen (secondary N) is 1. The van der Waals surface area contributed by atoms with Gasteiger partial charge in [-0.05, 0) is 61.1 Å². The van der Waals surface area contributed by atoms with Crippen molar-refractivity contribution in [3.63, 3.8) is 0 Å². The molecule has 0 heterocycles. The predicted octanol–water partition coefficient (Wildman–Crippen LogP) is 4.47. The molecule has 0 unspecified atom stereocenters. The summed E-state index contributed by atoms with van der Waals surface area (Å²) in [6.07, 6.45) is 1.04. The molecule has 0 aliphatic rings. The molecule has 3 aromatic rings. The summed E-state index contributed by atoms with van der Waals surface area (Å²) < 4.78 is 5.76. The fourth-order valence-electron chi connectivity index (χ4n) is 4.02. The summed E-state index contributed by atoms with van der Waals surface area (Å²) in [5, 5.41) is 34.7. The zero-order valence-electron chi connectivity index (χ0n) is 19.8. The molecule has 0 aliphatic heterocycles. The number of nitriles is 1. The summed E-state index contributed by atoms with van der Waals surface area (Å²) >= 11 is 0. The van der Waals surface area contributed by atoms with Crippen molar-refractivity contribution in [1.29, 1.82) is 5.26 Å². The first kappa shape index (κ1) is 25.2. The highest BCUT2D eigenvalue weighted by atomic mass is 16.5. The molecule has 0 fully saturated rings. The first-order valence-electron chi connectivity index (χ1n) is 11.5. The zero-order chi connectivity index (χ0) is 24.6. The minimum absolute atomic E-state index is 0.0479. The Bertz CT molecular complexity index is 1170. The molecular formula is C28H32N2O4. The van der Waals surface area contributed by atoms with Gasteiger partial charge in [-0.25, -0.2) is 0 Å². The Balaban J connectivity index is 1.52. The smallest absolute Gasteiger partial charge is 0.303 e. The monoisotopic (exact) mass is 460 g/mol. The van der Waals surface area contributed by atoms with E-state index in [1.54, 1.807) is 18.2 Å². The van der Waals surface area contributed by atoms with E-state index in [9.17, 15) is 15.2 Å². The van der Waals surface area contributed by atoms with Gasteiger partial charge < -0.3 is 20.3 Å². The van der Waals surface area contributed by atoms with Crippen molar-refractivity contribution in [3.05, 3.63) is 77.4 Å². The van der Waals surface area contributed by atoms with Crippen LogP contribution in [0.15, 0.2) is 60.7 Å². The van der Waals surface area contributed by atoms with Crippen LogP contribution < -0.4 is 10.1 Å². The minimum atomic E-state index is -0.856. The van der Waals surface area contributed by atoms with Crippen LogP contribution in [0.25, 0.3) is 10.8 Å². The molecule has 1 atom stereocenters. The Hall–Kier alpha value is -3.40.